The lowest BCUT2D eigenvalue weighted by Gasteiger charge is -1.84. The summed E-state index contributed by atoms with van der Waals surface area (Å²) in [6.45, 7) is 0. The molecular formula is C6H6N2O. The molecule has 0 spiro atoms. The highest BCUT2D eigenvalue weighted by Crippen LogP contribution is 1.86. The van der Waals surface area contributed by atoms with Crippen molar-refractivity contribution in [3.05, 3.63) is 35.3 Å². The molecule has 1 rings (SSSR count). The Morgan fingerprint density at radius 1 is 1.67 bits per heavy atom. The number of hydrogen-bond acceptors (Lipinski definition) is 2. The third-order valence-corrected chi connectivity index (χ3v) is 0.910. The van der Waals surface area contributed by atoms with Crippen molar-refractivity contribution in [2.24, 2.45) is 0 Å². The molecule has 0 aliphatic heterocycles. The van der Waals surface area contributed by atoms with Crippen LogP contribution in [0.2, 0.25) is 0 Å². The SMILES string of the molecule is [O-][NH+]=Cc1cccnc1. The summed E-state index contributed by atoms with van der Waals surface area (Å²) in [5.41, 5.74) is 0.785. The van der Waals surface area contributed by atoms with E-state index in [0.29, 0.717) is 0 Å². The Bertz CT molecular complexity index is 195. The van der Waals surface area contributed by atoms with Gasteiger partial charge in [0.05, 0.1) is 5.56 Å². The molecule has 0 fully saturated rings. The number of pyridine rings is 1. The van der Waals surface area contributed by atoms with Crippen molar-refractivity contribution < 1.29 is 5.16 Å². The minimum absolute atomic E-state index is 0.785. The number of nitrogens with one attached hydrogen (secondary N) is 1. The first-order valence-corrected chi connectivity index (χ1v) is 2.54. The van der Waals surface area contributed by atoms with Crippen LogP contribution >= 0.6 is 0 Å². The molecule has 0 radical (unpaired) electrons. The summed E-state index contributed by atoms with van der Waals surface area (Å²) in [7, 11) is 0. The summed E-state index contributed by atoms with van der Waals surface area (Å²) in [5, 5.41) is 11.4. The van der Waals surface area contributed by atoms with E-state index in [0.717, 1.165) is 5.56 Å². The zero-order valence-corrected chi connectivity index (χ0v) is 4.74. The molecule has 1 N–H and O–H groups in total. The zero-order chi connectivity index (χ0) is 6.53. The molecule has 3 nitrogen and oxygen atoms in total. The average molecular weight is 122 g/mol. The second-order valence-corrected chi connectivity index (χ2v) is 1.55. The standard InChI is InChI=1S/C6H6N2O/c9-8-5-6-2-1-3-7-4-6/h1-5,8H. The molecule has 0 aromatic carbocycles. The highest BCUT2D eigenvalue weighted by molar-refractivity contribution is 5.73. The quantitative estimate of drug-likeness (QED) is 0.297. The van der Waals surface area contributed by atoms with Crippen LogP contribution in [0.15, 0.2) is 24.5 Å². The molecule has 0 aliphatic rings. The number of hydrogen-bond donors (Lipinski definition) is 1. The first-order valence-electron chi connectivity index (χ1n) is 2.54. The van der Waals surface area contributed by atoms with Crippen LogP contribution in [-0.4, -0.2) is 11.2 Å². The Morgan fingerprint density at radius 2 is 2.56 bits per heavy atom. The lowest BCUT2D eigenvalue weighted by Crippen LogP contribution is -2.60. The van der Waals surface area contributed by atoms with Crippen molar-refractivity contribution in [3.8, 4) is 0 Å². The summed E-state index contributed by atoms with van der Waals surface area (Å²) in [4.78, 5) is 3.79. The van der Waals surface area contributed by atoms with E-state index in [4.69, 9.17) is 0 Å². The molecule has 0 atom stereocenters. The van der Waals surface area contributed by atoms with Gasteiger partial charge in [-0.1, -0.05) is 0 Å². The molecule has 0 unspecified atom stereocenters. The Labute approximate surface area is 52.7 Å². The molecule has 3 heteroatoms. The zero-order valence-electron chi connectivity index (χ0n) is 4.74. The predicted molar refractivity (Wildman–Crippen MR) is 33.7 cm³/mol. The third kappa shape index (κ3) is 1.53. The number of aromatic nitrogens is 1. The van der Waals surface area contributed by atoms with Crippen LogP contribution in [0.1, 0.15) is 5.56 Å². The van der Waals surface area contributed by atoms with Gasteiger partial charge in [-0.2, -0.15) is 0 Å². The smallest absolute Gasteiger partial charge is 0.181 e. The molecule has 1 heterocycles. The molecule has 0 aliphatic carbocycles. The fourth-order valence-electron chi connectivity index (χ4n) is 0.529. The summed E-state index contributed by atoms with van der Waals surface area (Å²) >= 11 is 0. The Morgan fingerprint density at radius 3 is 3.11 bits per heavy atom. The van der Waals surface area contributed by atoms with Crippen LogP contribution in [0.5, 0.6) is 0 Å². The van der Waals surface area contributed by atoms with Crippen LogP contribution in [-0.2, 0) is 0 Å². The molecule has 0 bridgehead atoms. The van der Waals surface area contributed by atoms with Gasteiger partial charge in [-0.3, -0.25) is 4.98 Å². The summed E-state index contributed by atoms with van der Waals surface area (Å²) in [6.07, 6.45) is 4.60. The maximum atomic E-state index is 9.77. The van der Waals surface area contributed by atoms with E-state index in [1.807, 2.05) is 0 Å². The van der Waals surface area contributed by atoms with Gasteiger partial charge in [0, 0.05) is 12.4 Å². The van der Waals surface area contributed by atoms with Gasteiger partial charge in [0.2, 0.25) is 0 Å². The highest BCUT2D eigenvalue weighted by Gasteiger charge is 1.83. The van der Waals surface area contributed by atoms with Gasteiger partial charge in [-0.05, 0) is 12.1 Å². The van der Waals surface area contributed by atoms with Gasteiger partial charge in [0.25, 0.3) is 0 Å². The average Bonchev–Trinajstić information content (AvgIpc) is 1.91. The van der Waals surface area contributed by atoms with Gasteiger partial charge in [-0.15, -0.1) is 0 Å². The van der Waals surface area contributed by atoms with Crippen molar-refractivity contribution in [1.82, 2.24) is 4.98 Å². The van der Waals surface area contributed by atoms with Gasteiger partial charge in [-0.25, -0.2) is 5.16 Å². The van der Waals surface area contributed by atoms with E-state index in [9.17, 15) is 5.21 Å². The molecule has 0 saturated heterocycles. The lowest BCUT2D eigenvalue weighted by molar-refractivity contribution is -0.366. The monoisotopic (exact) mass is 122 g/mol. The topological polar surface area (TPSA) is 49.9 Å². The normalized spacial score (nSPS) is 10.2. The third-order valence-electron chi connectivity index (χ3n) is 0.910. The van der Waals surface area contributed by atoms with Crippen LogP contribution < -0.4 is 5.16 Å². The van der Waals surface area contributed by atoms with Crippen molar-refractivity contribution >= 4 is 6.21 Å². The molecule has 1 aromatic rings. The van der Waals surface area contributed by atoms with E-state index >= 15 is 0 Å². The van der Waals surface area contributed by atoms with E-state index < -0.39 is 0 Å². The van der Waals surface area contributed by atoms with Gasteiger partial charge >= 0.3 is 0 Å². The fraction of sp³-hybridized carbons (Fsp3) is 0. The van der Waals surface area contributed by atoms with Crippen molar-refractivity contribution in [1.29, 1.82) is 0 Å². The Hall–Kier alpha value is -1.38. The van der Waals surface area contributed by atoms with Gasteiger partial charge in [0.15, 0.2) is 6.21 Å². The number of nitrogens with zero attached hydrogens (tertiary/aromatic N) is 1. The fourth-order valence-corrected chi connectivity index (χ4v) is 0.529. The minimum Gasteiger partial charge on any atom is -0.625 e. The van der Waals surface area contributed by atoms with Crippen LogP contribution in [0, 0.1) is 5.21 Å². The molecule has 0 saturated carbocycles. The molecular weight excluding hydrogens is 116 g/mol. The molecule has 1 aromatic heterocycles. The molecule has 0 amide bonds. The first kappa shape index (κ1) is 5.75. The minimum atomic E-state index is 0.785. The molecule has 46 valence electrons. The first-order chi connectivity index (χ1) is 4.43. The lowest BCUT2D eigenvalue weighted by atomic mass is 10.3. The Kier molecular flexibility index (Phi) is 1.80. The summed E-state index contributed by atoms with van der Waals surface area (Å²) in [6, 6.07) is 3.56. The number of rotatable bonds is 1. The highest BCUT2D eigenvalue weighted by atomic mass is 16.4. The van der Waals surface area contributed by atoms with Crippen LogP contribution in [0.25, 0.3) is 0 Å². The van der Waals surface area contributed by atoms with Crippen LogP contribution in [0.4, 0.5) is 0 Å². The molecule has 9 heavy (non-hydrogen) atoms. The van der Waals surface area contributed by atoms with E-state index in [2.05, 4.69) is 4.98 Å². The van der Waals surface area contributed by atoms with Crippen molar-refractivity contribution in [3.63, 3.8) is 0 Å². The van der Waals surface area contributed by atoms with Gasteiger partial charge in [0.1, 0.15) is 0 Å². The van der Waals surface area contributed by atoms with Gasteiger partial charge < -0.3 is 5.21 Å². The van der Waals surface area contributed by atoms with E-state index in [1.54, 1.807) is 29.7 Å². The van der Waals surface area contributed by atoms with E-state index in [-0.39, 0.29) is 0 Å². The van der Waals surface area contributed by atoms with E-state index in [1.165, 1.54) is 6.21 Å². The largest absolute Gasteiger partial charge is 0.625 e. The summed E-state index contributed by atoms with van der Waals surface area (Å²) < 4.78 is 0. The maximum Gasteiger partial charge on any atom is 0.181 e. The second kappa shape index (κ2) is 2.81. The van der Waals surface area contributed by atoms with Crippen molar-refractivity contribution in [2.45, 2.75) is 0 Å². The second-order valence-electron chi connectivity index (χ2n) is 1.55. The van der Waals surface area contributed by atoms with Crippen molar-refractivity contribution in [2.75, 3.05) is 0 Å². The Balaban J connectivity index is 2.85. The van der Waals surface area contributed by atoms with Crippen LogP contribution in [0.3, 0.4) is 0 Å². The predicted octanol–water partition coefficient (Wildman–Crippen LogP) is -0.921. The maximum absolute atomic E-state index is 9.77. The summed E-state index contributed by atoms with van der Waals surface area (Å²) in [5.74, 6) is 0.